The number of ether oxygens (including phenoxy) is 2. The van der Waals surface area contributed by atoms with E-state index in [1.54, 1.807) is 12.1 Å². The zero-order chi connectivity index (χ0) is 20.9. The number of primary amides is 1. The van der Waals surface area contributed by atoms with Crippen LogP contribution in [0, 0.1) is 0 Å². The van der Waals surface area contributed by atoms with Crippen LogP contribution in [0.15, 0.2) is 79.0 Å². The number of aromatic nitrogens is 1. The highest BCUT2D eigenvalue weighted by molar-refractivity contribution is 6.44. The van der Waals surface area contributed by atoms with Crippen LogP contribution in [0.5, 0.6) is 11.5 Å². The predicted molar refractivity (Wildman–Crippen MR) is 113 cm³/mol. The monoisotopic (exact) mass is 400 g/mol. The number of nitrogens with two attached hydrogens (primary N) is 1. The third-order valence-electron chi connectivity index (χ3n) is 4.68. The van der Waals surface area contributed by atoms with Gasteiger partial charge in [0, 0.05) is 17.6 Å². The zero-order valence-electron chi connectivity index (χ0n) is 16.1. The molecule has 0 saturated carbocycles. The maximum absolute atomic E-state index is 12.2. The Morgan fingerprint density at radius 2 is 1.43 bits per heavy atom. The van der Waals surface area contributed by atoms with Crippen LogP contribution in [0.1, 0.15) is 21.5 Å². The molecule has 0 aliphatic carbocycles. The molecule has 0 spiro atoms. The third-order valence-corrected chi connectivity index (χ3v) is 4.68. The fourth-order valence-corrected chi connectivity index (χ4v) is 3.17. The Morgan fingerprint density at radius 1 is 0.833 bits per heavy atom. The van der Waals surface area contributed by atoms with Crippen molar-refractivity contribution in [2.24, 2.45) is 5.73 Å². The molecule has 0 bridgehead atoms. The van der Waals surface area contributed by atoms with Crippen LogP contribution in [0.2, 0.25) is 0 Å². The predicted octanol–water partition coefficient (Wildman–Crippen LogP) is 3.99. The summed E-state index contributed by atoms with van der Waals surface area (Å²) >= 11 is 0. The molecular formula is C24H20N2O4. The molecule has 0 aliphatic rings. The highest BCUT2D eigenvalue weighted by atomic mass is 16.5. The number of rotatable bonds is 8. The SMILES string of the molecule is NC(=O)C(=O)c1c[nH]c2c(OCc3ccccc3)cc(OCc3ccccc3)cc12. The number of carbonyl (C=O) groups is 2. The molecule has 150 valence electrons. The number of hydrogen-bond donors (Lipinski definition) is 2. The van der Waals surface area contributed by atoms with Crippen molar-refractivity contribution >= 4 is 22.6 Å². The topological polar surface area (TPSA) is 94.4 Å². The molecular weight excluding hydrogens is 380 g/mol. The third kappa shape index (κ3) is 4.17. The van der Waals surface area contributed by atoms with Gasteiger partial charge in [0.1, 0.15) is 24.7 Å². The Bertz CT molecular complexity index is 1180. The highest BCUT2D eigenvalue weighted by Crippen LogP contribution is 2.34. The summed E-state index contributed by atoms with van der Waals surface area (Å²) in [6, 6.07) is 22.9. The van der Waals surface area contributed by atoms with Crippen molar-refractivity contribution in [2.45, 2.75) is 13.2 Å². The Morgan fingerprint density at radius 3 is 2.03 bits per heavy atom. The lowest BCUT2D eigenvalue weighted by molar-refractivity contribution is -0.114. The number of carbonyl (C=O) groups excluding carboxylic acids is 2. The van der Waals surface area contributed by atoms with Gasteiger partial charge >= 0.3 is 0 Å². The second-order valence-electron chi connectivity index (χ2n) is 6.79. The molecule has 1 aromatic heterocycles. The number of nitrogens with one attached hydrogen (secondary N) is 1. The van der Waals surface area contributed by atoms with Crippen molar-refractivity contribution in [3.8, 4) is 11.5 Å². The van der Waals surface area contributed by atoms with Gasteiger partial charge in [0.05, 0.1) is 11.1 Å². The summed E-state index contributed by atoms with van der Waals surface area (Å²) < 4.78 is 11.9. The minimum Gasteiger partial charge on any atom is -0.489 e. The van der Waals surface area contributed by atoms with Gasteiger partial charge in [0.15, 0.2) is 0 Å². The summed E-state index contributed by atoms with van der Waals surface area (Å²) in [5.41, 5.74) is 7.99. The van der Waals surface area contributed by atoms with Crippen LogP contribution in [-0.4, -0.2) is 16.7 Å². The Kier molecular flexibility index (Phi) is 5.48. The average Bonchev–Trinajstić information content (AvgIpc) is 3.21. The number of hydrogen-bond acceptors (Lipinski definition) is 4. The standard InChI is InChI=1S/C24H20N2O4/c25-24(28)23(27)20-13-26-22-19(20)11-18(29-14-16-7-3-1-4-8-16)12-21(22)30-15-17-9-5-2-6-10-17/h1-13,26H,14-15H2,(H2,25,28). The van der Waals surface area contributed by atoms with Gasteiger partial charge in [-0.2, -0.15) is 0 Å². The molecule has 3 N–H and O–H groups in total. The second-order valence-corrected chi connectivity index (χ2v) is 6.79. The van der Waals surface area contributed by atoms with E-state index in [0.717, 1.165) is 11.1 Å². The van der Waals surface area contributed by atoms with Crippen molar-refractivity contribution in [2.75, 3.05) is 0 Å². The molecule has 0 aliphatic heterocycles. The lowest BCUT2D eigenvalue weighted by Gasteiger charge is -2.12. The van der Waals surface area contributed by atoms with E-state index in [9.17, 15) is 9.59 Å². The number of H-pyrrole nitrogens is 1. The van der Waals surface area contributed by atoms with Gasteiger partial charge in [0.25, 0.3) is 11.7 Å². The average molecular weight is 400 g/mol. The molecule has 4 aromatic rings. The van der Waals surface area contributed by atoms with Gasteiger partial charge < -0.3 is 20.2 Å². The number of fused-ring (bicyclic) bond motifs is 1. The fourth-order valence-electron chi connectivity index (χ4n) is 3.17. The molecule has 4 rings (SSSR count). The van der Waals surface area contributed by atoms with E-state index in [0.29, 0.717) is 35.6 Å². The van der Waals surface area contributed by atoms with Gasteiger partial charge in [-0.15, -0.1) is 0 Å². The molecule has 6 heteroatoms. The first-order valence-electron chi connectivity index (χ1n) is 9.44. The molecule has 0 saturated heterocycles. The number of aromatic amines is 1. The van der Waals surface area contributed by atoms with Crippen LogP contribution in [0.3, 0.4) is 0 Å². The summed E-state index contributed by atoms with van der Waals surface area (Å²) in [5.74, 6) is -0.746. The van der Waals surface area contributed by atoms with E-state index in [1.807, 2.05) is 60.7 Å². The van der Waals surface area contributed by atoms with E-state index in [1.165, 1.54) is 6.20 Å². The first-order valence-corrected chi connectivity index (χ1v) is 9.44. The van der Waals surface area contributed by atoms with Crippen LogP contribution in [0.4, 0.5) is 0 Å². The summed E-state index contributed by atoms with van der Waals surface area (Å²) in [6.45, 7) is 0.699. The molecule has 1 heterocycles. The van der Waals surface area contributed by atoms with Crippen molar-refractivity contribution in [3.05, 3.63) is 95.7 Å². The van der Waals surface area contributed by atoms with Gasteiger partial charge in [0.2, 0.25) is 0 Å². The summed E-state index contributed by atoms with van der Waals surface area (Å²) in [5, 5.41) is 0.521. The Labute approximate surface area is 173 Å². The van der Waals surface area contributed by atoms with Gasteiger partial charge in [-0.25, -0.2) is 0 Å². The van der Waals surface area contributed by atoms with E-state index in [4.69, 9.17) is 15.2 Å². The number of benzene rings is 3. The maximum atomic E-state index is 12.2. The summed E-state index contributed by atoms with van der Waals surface area (Å²) in [6.07, 6.45) is 1.47. The van der Waals surface area contributed by atoms with Gasteiger partial charge in [-0.3, -0.25) is 9.59 Å². The highest BCUT2D eigenvalue weighted by Gasteiger charge is 2.20. The van der Waals surface area contributed by atoms with E-state index in [2.05, 4.69) is 4.98 Å². The summed E-state index contributed by atoms with van der Waals surface area (Å²) in [4.78, 5) is 26.7. The Hall–Kier alpha value is -4.06. The normalized spacial score (nSPS) is 10.7. The number of amides is 1. The molecule has 1 amide bonds. The van der Waals surface area contributed by atoms with Crippen LogP contribution in [0.25, 0.3) is 10.9 Å². The fraction of sp³-hybridized carbons (Fsp3) is 0.0833. The van der Waals surface area contributed by atoms with Gasteiger partial charge in [-0.1, -0.05) is 60.7 Å². The second kappa shape index (κ2) is 8.53. The smallest absolute Gasteiger partial charge is 0.289 e. The molecule has 0 atom stereocenters. The number of Topliss-reactive ketones (excluding diaryl/α,β-unsaturated/α-hetero) is 1. The maximum Gasteiger partial charge on any atom is 0.289 e. The van der Waals surface area contributed by atoms with Crippen molar-refractivity contribution in [1.82, 2.24) is 4.98 Å². The largest absolute Gasteiger partial charge is 0.489 e. The van der Waals surface area contributed by atoms with Crippen LogP contribution in [-0.2, 0) is 18.0 Å². The summed E-state index contributed by atoms with van der Waals surface area (Å²) in [7, 11) is 0. The zero-order valence-corrected chi connectivity index (χ0v) is 16.1. The lowest BCUT2D eigenvalue weighted by Crippen LogP contribution is -2.22. The van der Waals surface area contributed by atoms with Crippen molar-refractivity contribution in [1.29, 1.82) is 0 Å². The van der Waals surface area contributed by atoms with Crippen LogP contribution < -0.4 is 15.2 Å². The quantitative estimate of drug-likeness (QED) is 0.345. The van der Waals surface area contributed by atoms with Gasteiger partial charge in [-0.05, 0) is 17.2 Å². The minimum atomic E-state index is -1.02. The molecule has 30 heavy (non-hydrogen) atoms. The number of ketones is 1. The lowest BCUT2D eigenvalue weighted by atomic mass is 10.1. The first-order chi connectivity index (χ1) is 14.6. The first kappa shape index (κ1) is 19.3. The molecule has 0 unspecified atom stereocenters. The Balaban J connectivity index is 1.68. The van der Waals surface area contributed by atoms with E-state index >= 15 is 0 Å². The minimum absolute atomic E-state index is 0.187. The van der Waals surface area contributed by atoms with E-state index < -0.39 is 11.7 Å². The molecule has 0 fully saturated rings. The van der Waals surface area contributed by atoms with E-state index in [-0.39, 0.29) is 5.56 Å². The van der Waals surface area contributed by atoms with Crippen molar-refractivity contribution in [3.63, 3.8) is 0 Å². The molecule has 6 nitrogen and oxygen atoms in total. The molecule has 0 radical (unpaired) electrons. The van der Waals surface area contributed by atoms with Crippen LogP contribution >= 0.6 is 0 Å². The van der Waals surface area contributed by atoms with Crippen molar-refractivity contribution < 1.29 is 19.1 Å². The molecule has 3 aromatic carbocycles.